The summed E-state index contributed by atoms with van der Waals surface area (Å²) in [6.45, 7) is 4.24. The molecule has 0 radical (unpaired) electrons. The van der Waals surface area contributed by atoms with Crippen molar-refractivity contribution in [2.24, 2.45) is 0 Å². The third kappa shape index (κ3) is 2.38. The van der Waals surface area contributed by atoms with Gasteiger partial charge in [-0.1, -0.05) is 18.2 Å². The Morgan fingerprint density at radius 1 is 1.19 bits per heavy atom. The Morgan fingerprint density at radius 3 is 2.44 bits per heavy atom. The van der Waals surface area contributed by atoms with E-state index >= 15 is 0 Å². The van der Waals surface area contributed by atoms with E-state index in [1.165, 1.54) is 24.0 Å². The molecule has 0 bridgehead atoms. The van der Waals surface area contributed by atoms with Gasteiger partial charge in [-0.05, 0) is 51.3 Å². The molecule has 1 aromatic carbocycles. The van der Waals surface area contributed by atoms with E-state index in [0.717, 1.165) is 12.2 Å². The van der Waals surface area contributed by atoms with Crippen molar-refractivity contribution in [1.29, 1.82) is 0 Å². The summed E-state index contributed by atoms with van der Waals surface area (Å²) in [5.74, 6) is 1.09. The Morgan fingerprint density at radius 2 is 1.88 bits per heavy atom. The van der Waals surface area contributed by atoms with Gasteiger partial charge < -0.3 is 10.1 Å². The highest BCUT2D eigenvalue weighted by molar-refractivity contribution is 5.39. The van der Waals surface area contributed by atoms with Gasteiger partial charge in [0.05, 0.1) is 0 Å². The highest BCUT2D eigenvalue weighted by Crippen LogP contribution is 2.29. The number of rotatable bonds is 3. The number of aryl methyl sites for hydroxylation is 2. The second-order valence-electron chi connectivity index (χ2n) is 4.76. The maximum Gasteiger partial charge on any atom is 0.125 e. The Kier molecular flexibility index (Phi) is 3.49. The summed E-state index contributed by atoms with van der Waals surface area (Å²) in [7, 11) is 2.03. The van der Waals surface area contributed by atoms with Crippen LogP contribution < -0.4 is 10.1 Å². The van der Waals surface area contributed by atoms with Crippen molar-refractivity contribution in [2.75, 3.05) is 7.05 Å². The Balaban J connectivity index is 2.04. The smallest absolute Gasteiger partial charge is 0.125 e. The third-order valence-electron chi connectivity index (χ3n) is 3.49. The highest BCUT2D eigenvalue weighted by atomic mass is 16.5. The summed E-state index contributed by atoms with van der Waals surface area (Å²) in [4.78, 5) is 0. The topological polar surface area (TPSA) is 21.3 Å². The third-order valence-corrected chi connectivity index (χ3v) is 3.49. The maximum absolute atomic E-state index is 6.13. The molecule has 2 unspecified atom stereocenters. The molecular formula is C14H21NO. The fourth-order valence-corrected chi connectivity index (χ4v) is 2.46. The summed E-state index contributed by atoms with van der Waals surface area (Å²) < 4.78 is 6.13. The molecule has 1 aromatic rings. The van der Waals surface area contributed by atoms with Gasteiger partial charge in [0.2, 0.25) is 0 Å². The van der Waals surface area contributed by atoms with Gasteiger partial charge in [0.1, 0.15) is 11.9 Å². The minimum Gasteiger partial charge on any atom is -0.490 e. The fraction of sp³-hybridized carbons (Fsp3) is 0.571. The Bertz CT molecular complexity index is 342. The minimum atomic E-state index is 0.386. The lowest BCUT2D eigenvalue weighted by Crippen LogP contribution is -2.23. The first-order chi connectivity index (χ1) is 7.70. The molecule has 0 aromatic heterocycles. The number of benzene rings is 1. The first-order valence-corrected chi connectivity index (χ1v) is 6.11. The van der Waals surface area contributed by atoms with Gasteiger partial charge in [-0.15, -0.1) is 0 Å². The van der Waals surface area contributed by atoms with Crippen LogP contribution in [0.5, 0.6) is 5.75 Å². The first-order valence-electron chi connectivity index (χ1n) is 6.11. The van der Waals surface area contributed by atoms with Crippen LogP contribution in [0.4, 0.5) is 0 Å². The number of hydrogen-bond donors (Lipinski definition) is 1. The van der Waals surface area contributed by atoms with Gasteiger partial charge in [0.15, 0.2) is 0 Å². The van der Waals surface area contributed by atoms with E-state index in [1.54, 1.807) is 0 Å². The van der Waals surface area contributed by atoms with Crippen molar-refractivity contribution in [1.82, 2.24) is 5.32 Å². The van der Waals surface area contributed by atoms with Crippen LogP contribution in [-0.4, -0.2) is 19.2 Å². The molecule has 0 spiro atoms. The zero-order valence-electron chi connectivity index (χ0n) is 10.4. The number of ether oxygens (including phenoxy) is 1. The molecule has 2 nitrogen and oxygen atoms in total. The van der Waals surface area contributed by atoms with Gasteiger partial charge in [0.25, 0.3) is 0 Å². The molecule has 1 N–H and O–H groups in total. The van der Waals surface area contributed by atoms with Crippen molar-refractivity contribution in [3.05, 3.63) is 29.3 Å². The summed E-state index contributed by atoms with van der Waals surface area (Å²) in [6.07, 6.45) is 3.91. The Labute approximate surface area is 98.0 Å². The number of hydrogen-bond acceptors (Lipinski definition) is 2. The molecule has 16 heavy (non-hydrogen) atoms. The average molecular weight is 219 g/mol. The molecule has 0 heterocycles. The van der Waals surface area contributed by atoms with Crippen LogP contribution in [0.25, 0.3) is 0 Å². The molecular weight excluding hydrogens is 198 g/mol. The molecule has 1 aliphatic rings. The van der Waals surface area contributed by atoms with Crippen LogP contribution in [0, 0.1) is 13.8 Å². The highest BCUT2D eigenvalue weighted by Gasteiger charge is 2.25. The van der Waals surface area contributed by atoms with E-state index in [1.807, 2.05) is 7.05 Å². The van der Waals surface area contributed by atoms with Gasteiger partial charge >= 0.3 is 0 Å². The fourth-order valence-electron chi connectivity index (χ4n) is 2.46. The van der Waals surface area contributed by atoms with Crippen molar-refractivity contribution in [3.8, 4) is 5.75 Å². The molecule has 1 aliphatic carbocycles. The minimum absolute atomic E-state index is 0.386. The zero-order chi connectivity index (χ0) is 11.5. The standard InChI is InChI=1S/C14H21NO/c1-10-5-4-6-11(2)14(10)16-13-8-7-12(9-13)15-3/h4-6,12-13,15H,7-9H2,1-3H3. The lowest BCUT2D eigenvalue weighted by Gasteiger charge is -2.17. The van der Waals surface area contributed by atoms with Gasteiger partial charge in [-0.25, -0.2) is 0 Å². The quantitative estimate of drug-likeness (QED) is 0.844. The summed E-state index contributed by atoms with van der Waals surface area (Å²) in [6, 6.07) is 6.96. The van der Waals surface area contributed by atoms with Crippen molar-refractivity contribution in [3.63, 3.8) is 0 Å². The Hall–Kier alpha value is -1.02. The molecule has 0 saturated heterocycles. The summed E-state index contributed by atoms with van der Waals surface area (Å²) in [5, 5.41) is 3.33. The molecule has 0 aliphatic heterocycles. The number of para-hydroxylation sites is 1. The van der Waals surface area contributed by atoms with Gasteiger partial charge in [-0.2, -0.15) is 0 Å². The molecule has 2 heteroatoms. The van der Waals surface area contributed by atoms with Crippen molar-refractivity contribution >= 4 is 0 Å². The van der Waals surface area contributed by atoms with Crippen LogP contribution in [-0.2, 0) is 0 Å². The van der Waals surface area contributed by atoms with Crippen LogP contribution in [0.15, 0.2) is 18.2 Å². The van der Waals surface area contributed by atoms with E-state index < -0.39 is 0 Å². The van der Waals surface area contributed by atoms with Crippen molar-refractivity contribution < 1.29 is 4.74 Å². The largest absolute Gasteiger partial charge is 0.490 e. The van der Waals surface area contributed by atoms with Crippen molar-refractivity contribution in [2.45, 2.75) is 45.3 Å². The lowest BCUT2D eigenvalue weighted by atomic mass is 10.1. The van der Waals surface area contributed by atoms with Gasteiger partial charge in [-0.3, -0.25) is 0 Å². The van der Waals surface area contributed by atoms with Crippen LogP contribution in [0.3, 0.4) is 0 Å². The van der Waals surface area contributed by atoms with E-state index in [0.29, 0.717) is 12.1 Å². The lowest BCUT2D eigenvalue weighted by molar-refractivity contribution is 0.204. The second-order valence-corrected chi connectivity index (χ2v) is 4.76. The van der Waals surface area contributed by atoms with E-state index in [9.17, 15) is 0 Å². The zero-order valence-corrected chi connectivity index (χ0v) is 10.4. The monoisotopic (exact) mass is 219 g/mol. The molecule has 1 saturated carbocycles. The van der Waals surface area contributed by atoms with Crippen LogP contribution in [0.1, 0.15) is 30.4 Å². The maximum atomic E-state index is 6.13. The van der Waals surface area contributed by atoms with Crippen LogP contribution >= 0.6 is 0 Å². The van der Waals surface area contributed by atoms with E-state index in [4.69, 9.17) is 4.74 Å². The molecule has 2 rings (SSSR count). The molecule has 2 atom stereocenters. The molecule has 1 fully saturated rings. The molecule has 0 amide bonds. The summed E-state index contributed by atoms with van der Waals surface area (Å²) >= 11 is 0. The van der Waals surface area contributed by atoms with E-state index in [-0.39, 0.29) is 0 Å². The second kappa shape index (κ2) is 4.88. The van der Waals surface area contributed by atoms with Gasteiger partial charge in [0, 0.05) is 6.04 Å². The van der Waals surface area contributed by atoms with Crippen LogP contribution in [0.2, 0.25) is 0 Å². The summed E-state index contributed by atoms with van der Waals surface area (Å²) in [5.41, 5.74) is 2.49. The predicted molar refractivity (Wildman–Crippen MR) is 67.0 cm³/mol. The molecule has 88 valence electrons. The first kappa shape index (κ1) is 11.5. The SMILES string of the molecule is CNC1CCC(Oc2c(C)cccc2C)C1. The predicted octanol–water partition coefficient (Wildman–Crippen LogP) is 2.82. The average Bonchev–Trinajstić information content (AvgIpc) is 2.71. The normalized spacial score (nSPS) is 24.7. The number of nitrogens with one attached hydrogen (secondary N) is 1. The van der Waals surface area contributed by atoms with E-state index in [2.05, 4.69) is 37.4 Å².